The standard InChI is InChI=1S/C24H18ClN7O/c25-16-5-4-6-19(13-16)31-24(33)30-18-11-9-17(10-12-18)29-22-21-14-28-32(23(21)27-15-26-22)20-7-2-1-3-8-20/h1-15H,(H,26,27,29)(H2,30,31,33). The lowest BCUT2D eigenvalue weighted by Crippen LogP contribution is -2.19. The van der Waals surface area contributed by atoms with Crippen LogP contribution in [0, 0.1) is 0 Å². The van der Waals surface area contributed by atoms with Gasteiger partial charge in [0, 0.05) is 22.1 Å². The van der Waals surface area contributed by atoms with Gasteiger partial charge >= 0.3 is 6.03 Å². The fourth-order valence-electron chi connectivity index (χ4n) is 3.34. The van der Waals surface area contributed by atoms with Crippen LogP contribution in [0.1, 0.15) is 0 Å². The van der Waals surface area contributed by atoms with Gasteiger partial charge in [-0.1, -0.05) is 35.9 Å². The number of hydrogen-bond acceptors (Lipinski definition) is 5. The van der Waals surface area contributed by atoms with E-state index in [0.29, 0.717) is 27.9 Å². The van der Waals surface area contributed by atoms with Crippen LogP contribution in [-0.4, -0.2) is 25.8 Å². The summed E-state index contributed by atoms with van der Waals surface area (Å²) in [6.07, 6.45) is 3.24. The minimum atomic E-state index is -0.358. The first-order valence-electron chi connectivity index (χ1n) is 10.1. The van der Waals surface area contributed by atoms with Crippen LogP contribution in [0.5, 0.6) is 0 Å². The lowest BCUT2D eigenvalue weighted by Gasteiger charge is -2.10. The number of para-hydroxylation sites is 1. The number of urea groups is 1. The van der Waals surface area contributed by atoms with Crippen LogP contribution in [0.4, 0.5) is 27.7 Å². The van der Waals surface area contributed by atoms with Gasteiger partial charge in [-0.15, -0.1) is 0 Å². The number of hydrogen-bond donors (Lipinski definition) is 3. The van der Waals surface area contributed by atoms with Crippen molar-refractivity contribution in [3.8, 4) is 5.69 Å². The summed E-state index contributed by atoms with van der Waals surface area (Å²) in [5, 5.41) is 14.6. The Morgan fingerprint density at radius 2 is 1.58 bits per heavy atom. The van der Waals surface area contributed by atoms with Gasteiger partial charge in [0.2, 0.25) is 0 Å². The minimum Gasteiger partial charge on any atom is -0.340 e. The van der Waals surface area contributed by atoms with Crippen LogP contribution in [0.25, 0.3) is 16.7 Å². The highest BCUT2D eigenvalue weighted by Crippen LogP contribution is 2.25. The van der Waals surface area contributed by atoms with E-state index >= 15 is 0 Å². The van der Waals surface area contributed by atoms with Gasteiger partial charge < -0.3 is 16.0 Å². The first-order valence-corrected chi connectivity index (χ1v) is 10.5. The Morgan fingerprint density at radius 3 is 2.36 bits per heavy atom. The highest BCUT2D eigenvalue weighted by molar-refractivity contribution is 6.30. The molecule has 0 aliphatic heterocycles. The summed E-state index contributed by atoms with van der Waals surface area (Å²) in [6, 6.07) is 23.7. The zero-order valence-electron chi connectivity index (χ0n) is 17.2. The number of amides is 2. The molecule has 0 aliphatic carbocycles. The number of halogens is 1. The molecule has 5 aromatic rings. The normalized spacial score (nSPS) is 10.7. The smallest absolute Gasteiger partial charge is 0.323 e. The van der Waals surface area contributed by atoms with Crippen molar-refractivity contribution in [2.75, 3.05) is 16.0 Å². The van der Waals surface area contributed by atoms with Crippen LogP contribution < -0.4 is 16.0 Å². The highest BCUT2D eigenvalue weighted by Gasteiger charge is 2.11. The van der Waals surface area contributed by atoms with Crippen LogP contribution in [-0.2, 0) is 0 Å². The van der Waals surface area contributed by atoms with Crippen molar-refractivity contribution < 1.29 is 4.79 Å². The fraction of sp³-hybridized carbons (Fsp3) is 0. The molecule has 9 heteroatoms. The van der Waals surface area contributed by atoms with Crippen molar-refractivity contribution in [3.05, 3.63) is 96.4 Å². The number of nitrogens with zero attached hydrogens (tertiary/aromatic N) is 4. The number of aromatic nitrogens is 4. The number of carbonyl (C=O) groups is 1. The van der Waals surface area contributed by atoms with Gasteiger partial charge in [0.05, 0.1) is 17.3 Å². The van der Waals surface area contributed by atoms with E-state index in [1.807, 2.05) is 42.5 Å². The van der Waals surface area contributed by atoms with E-state index in [-0.39, 0.29) is 6.03 Å². The number of anilines is 4. The average molecular weight is 456 g/mol. The zero-order valence-corrected chi connectivity index (χ0v) is 18.0. The van der Waals surface area contributed by atoms with E-state index in [1.165, 1.54) is 6.33 Å². The molecule has 0 bridgehead atoms. The highest BCUT2D eigenvalue weighted by atomic mass is 35.5. The molecule has 0 spiro atoms. The van der Waals surface area contributed by atoms with E-state index in [2.05, 4.69) is 31.0 Å². The molecule has 0 radical (unpaired) electrons. The average Bonchev–Trinajstić information content (AvgIpc) is 3.26. The van der Waals surface area contributed by atoms with Crippen LogP contribution in [0.15, 0.2) is 91.4 Å². The molecular formula is C24H18ClN7O. The summed E-state index contributed by atoms with van der Waals surface area (Å²) in [5.41, 5.74) is 3.69. The Labute approximate surface area is 194 Å². The number of rotatable bonds is 5. The molecule has 0 atom stereocenters. The Balaban J connectivity index is 1.29. The number of carbonyl (C=O) groups excluding carboxylic acids is 1. The van der Waals surface area contributed by atoms with Crippen molar-refractivity contribution in [2.24, 2.45) is 0 Å². The Kier molecular flexibility index (Phi) is 5.57. The molecule has 2 amide bonds. The molecule has 33 heavy (non-hydrogen) atoms. The van der Waals surface area contributed by atoms with Gasteiger partial charge in [0.25, 0.3) is 0 Å². The number of benzene rings is 3. The topological polar surface area (TPSA) is 96.8 Å². The third-order valence-electron chi connectivity index (χ3n) is 4.85. The summed E-state index contributed by atoms with van der Waals surface area (Å²) >= 11 is 5.95. The van der Waals surface area contributed by atoms with Gasteiger partial charge in [-0.25, -0.2) is 19.4 Å². The maximum Gasteiger partial charge on any atom is 0.323 e. The van der Waals surface area contributed by atoms with E-state index in [0.717, 1.165) is 16.8 Å². The Morgan fingerprint density at radius 1 is 0.818 bits per heavy atom. The summed E-state index contributed by atoms with van der Waals surface area (Å²) in [5.74, 6) is 0.640. The molecule has 2 heterocycles. The van der Waals surface area contributed by atoms with Gasteiger partial charge in [0.1, 0.15) is 12.1 Å². The second kappa shape index (κ2) is 8.97. The summed E-state index contributed by atoms with van der Waals surface area (Å²) in [7, 11) is 0. The summed E-state index contributed by atoms with van der Waals surface area (Å²) < 4.78 is 1.77. The third-order valence-corrected chi connectivity index (χ3v) is 5.09. The molecule has 2 aromatic heterocycles. The maximum atomic E-state index is 12.2. The van der Waals surface area contributed by atoms with Gasteiger partial charge in [-0.2, -0.15) is 5.10 Å². The number of fused-ring (bicyclic) bond motifs is 1. The second-order valence-electron chi connectivity index (χ2n) is 7.14. The molecule has 8 nitrogen and oxygen atoms in total. The van der Waals surface area contributed by atoms with Crippen LogP contribution in [0.3, 0.4) is 0 Å². The monoisotopic (exact) mass is 455 g/mol. The van der Waals surface area contributed by atoms with E-state index < -0.39 is 0 Å². The lowest BCUT2D eigenvalue weighted by atomic mass is 10.2. The minimum absolute atomic E-state index is 0.358. The molecule has 5 rings (SSSR count). The molecular weight excluding hydrogens is 438 g/mol. The summed E-state index contributed by atoms with van der Waals surface area (Å²) in [6.45, 7) is 0. The SMILES string of the molecule is O=C(Nc1ccc(Nc2ncnc3c2cnn3-c2ccccc2)cc1)Nc1cccc(Cl)c1. The Bertz CT molecular complexity index is 1420. The third kappa shape index (κ3) is 4.60. The Hall–Kier alpha value is -4.43. The van der Waals surface area contributed by atoms with Crippen molar-refractivity contribution in [3.63, 3.8) is 0 Å². The largest absolute Gasteiger partial charge is 0.340 e. The quantitative estimate of drug-likeness (QED) is 0.308. The molecule has 0 unspecified atom stereocenters. The van der Waals surface area contributed by atoms with E-state index in [4.69, 9.17) is 11.6 Å². The molecule has 3 aromatic carbocycles. The van der Waals surface area contributed by atoms with Gasteiger partial charge in [-0.3, -0.25) is 0 Å². The molecule has 0 fully saturated rings. The maximum absolute atomic E-state index is 12.2. The zero-order chi connectivity index (χ0) is 22.6. The molecule has 0 saturated heterocycles. The van der Waals surface area contributed by atoms with E-state index in [1.54, 1.807) is 47.3 Å². The summed E-state index contributed by atoms with van der Waals surface area (Å²) in [4.78, 5) is 21.0. The van der Waals surface area contributed by atoms with Gasteiger partial charge in [0.15, 0.2) is 5.65 Å². The molecule has 3 N–H and O–H groups in total. The van der Waals surface area contributed by atoms with Crippen molar-refractivity contribution in [1.82, 2.24) is 19.7 Å². The van der Waals surface area contributed by atoms with Crippen LogP contribution in [0.2, 0.25) is 5.02 Å². The molecule has 0 saturated carbocycles. The molecule has 0 aliphatic rings. The second-order valence-corrected chi connectivity index (χ2v) is 7.58. The predicted octanol–water partition coefficient (Wildman–Crippen LogP) is 5.86. The van der Waals surface area contributed by atoms with Gasteiger partial charge in [-0.05, 0) is 54.6 Å². The first kappa shape index (κ1) is 20.5. The first-order chi connectivity index (χ1) is 16.2. The number of nitrogens with one attached hydrogen (secondary N) is 3. The molecule has 162 valence electrons. The fourth-order valence-corrected chi connectivity index (χ4v) is 3.53. The van der Waals surface area contributed by atoms with Crippen molar-refractivity contribution >= 4 is 51.5 Å². The van der Waals surface area contributed by atoms with E-state index in [9.17, 15) is 4.79 Å². The predicted molar refractivity (Wildman–Crippen MR) is 130 cm³/mol. The van der Waals surface area contributed by atoms with Crippen molar-refractivity contribution in [2.45, 2.75) is 0 Å². The van der Waals surface area contributed by atoms with Crippen LogP contribution >= 0.6 is 11.6 Å². The lowest BCUT2D eigenvalue weighted by molar-refractivity contribution is 0.262. The van der Waals surface area contributed by atoms with Crippen molar-refractivity contribution in [1.29, 1.82) is 0 Å².